The summed E-state index contributed by atoms with van der Waals surface area (Å²) in [5.41, 5.74) is 6.80. The van der Waals surface area contributed by atoms with Crippen LogP contribution >= 0.6 is 0 Å². The van der Waals surface area contributed by atoms with Crippen molar-refractivity contribution in [3.05, 3.63) is 67.1 Å². The molecule has 10 nitrogen and oxygen atoms in total. The summed E-state index contributed by atoms with van der Waals surface area (Å²) in [6, 6.07) is 10.5. The Hall–Kier alpha value is -4.77. The molecule has 3 N–H and O–H groups in total. The van der Waals surface area contributed by atoms with Gasteiger partial charge in [-0.1, -0.05) is 0 Å². The van der Waals surface area contributed by atoms with Crippen LogP contribution in [0.3, 0.4) is 0 Å². The van der Waals surface area contributed by atoms with E-state index < -0.39 is 0 Å². The van der Waals surface area contributed by atoms with E-state index in [0.717, 1.165) is 28.8 Å². The second kappa shape index (κ2) is 9.36. The lowest BCUT2D eigenvalue weighted by Crippen LogP contribution is -2.20. The molecule has 5 heterocycles. The Kier molecular flexibility index (Phi) is 5.73. The molecular formula is C26H23FN10. The fourth-order valence-electron chi connectivity index (χ4n) is 4.17. The maximum absolute atomic E-state index is 14.5. The number of anilines is 1. The van der Waals surface area contributed by atoms with Gasteiger partial charge in [-0.15, -0.1) is 0 Å². The molecule has 0 fully saturated rings. The molecule has 0 aliphatic carbocycles. The highest BCUT2D eigenvalue weighted by Crippen LogP contribution is 2.32. The number of fused-ring (bicyclic) bond motifs is 2. The lowest BCUT2D eigenvalue weighted by Gasteiger charge is -2.12. The summed E-state index contributed by atoms with van der Waals surface area (Å²) in [5.74, 6) is 0.185. The van der Waals surface area contributed by atoms with Crippen LogP contribution in [0, 0.1) is 5.82 Å². The number of aromatic amines is 2. The molecule has 0 bridgehead atoms. The standard InChI is InChI=1S/C26H23FN10/c1-37(2)8-7-30-18-10-15(9-17(27)11-18)22-23-20(5-6-31-22)33-26(34-23)25-24-21(35-36-25)4-3-19(32-24)16-12-28-14-29-13-16/h3-6,9-14,30H,7-8H2,1-2H3,(H,33,34)(H,35,36). The van der Waals surface area contributed by atoms with E-state index in [9.17, 15) is 4.39 Å². The van der Waals surface area contributed by atoms with Gasteiger partial charge in [0.2, 0.25) is 0 Å². The molecule has 37 heavy (non-hydrogen) atoms. The number of hydrogen-bond acceptors (Lipinski definition) is 8. The van der Waals surface area contributed by atoms with E-state index in [2.05, 4.69) is 40.3 Å². The number of likely N-dealkylation sites (N-methyl/N-ethyl adjacent to an activating group) is 1. The molecule has 184 valence electrons. The first-order valence-corrected chi connectivity index (χ1v) is 11.7. The summed E-state index contributed by atoms with van der Waals surface area (Å²) in [6.07, 6.45) is 6.58. The lowest BCUT2D eigenvalue weighted by atomic mass is 10.1. The lowest BCUT2D eigenvalue weighted by molar-refractivity contribution is 0.425. The number of aromatic nitrogens is 8. The van der Waals surface area contributed by atoms with Gasteiger partial charge in [0.05, 0.1) is 22.4 Å². The molecule has 0 unspecified atom stereocenters. The highest BCUT2D eigenvalue weighted by molar-refractivity contribution is 5.95. The van der Waals surface area contributed by atoms with E-state index in [4.69, 9.17) is 9.97 Å². The highest BCUT2D eigenvalue weighted by Gasteiger charge is 2.18. The van der Waals surface area contributed by atoms with Crippen LogP contribution in [0.1, 0.15) is 0 Å². The average Bonchev–Trinajstić information content (AvgIpc) is 3.52. The van der Waals surface area contributed by atoms with Crippen molar-refractivity contribution in [2.75, 3.05) is 32.5 Å². The number of hydrogen-bond donors (Lipinski definition) is 3. The number of pyridine rings is 2. The predicted octanol–water partition coefficient (Wildman–Crippen LogP) is 4.13. The zero-order chi connectivity index (χ0) is 25.4. The van der Waals surface area contributed by atoms with Crippen LogP contribution in [0.15, 0.2) is 61.3 Å². The van der Waals surface area contributed by atoms with Gasteiger partial charge in [0.15, 0.2) is 11.5 Å². The summed E-state index contributed by atoms with van der Waals surface area (Å²) >= 11 is 0. The van der Waals surface area contributed by atoms with Crippen molar-refractivity contribution in [1.82, 2.24) is 45.0 Å². The van der Waals surface area contributed by atoms with Crippen LogP contribution in [0.2, 0.25) is 0 Å². The largest absolute Gasteiger partial charge is 0.384 e. The second-order valence-electron chi connectivity index (χ2n) is 8.89. The van der Waals surface area contributed by atoms with Crippen molar-refractivity contribution in [1.29, 1.82) is 0 Å². The van der Waals surface area contributed by atoms with Crippen molar-refractivity contribution in [2.45, 2.75) is 0 Å². The van der Waals surface area contributed by atoms with Gasteiger partial charge >= 0.3 is 0 Å². The van der Waals surface area contributed by atoms with E-state index in [0.29, 0.717) is 46.0 Å². The first-order valence-electron chi connectivity index (χ1n) is 11.7. The zero-order valence-corrected chi connectivity index (χ0v) is 20.2. The Labute approximate surface area is 211 Å². The van der Waals surface area contributed by atoms with E-state index in [1.54, 1.807) is 18.6 Å². The van der Waals surface area contributed by atoms with E-state index in [1.807, 2.05) is 38.4 Å². The van der Waals surface area contributed by atoms with E-state index in [-0.39, 0.29) is 5.82 Å². The SMILES string of the molecule is CN(C)CCNc1cc(F)cc(-c2nccc3[nH]c(-c4n[nH]c5ccc(-c6cncnc6)nc45)nc23)c1. The number of rotatable bonds is 7. The first-order chi connectivity index (χ1) is 18.0. The number of benzene rings is 1. The molecule has 0 radical (unpaired) electrons. The molecular weight excluding hydrogens is 471 g/mol. The molecule has 0 saturated carbocycles. The fraction of sp³-hybridized carbons (Fsp3) is 0.154. The monoisotopic (exact) mass is 494 g/mol. The Morgan fingerprint density at radius 3 is 2.59 bits per heavy atom. The smallest absolute Gasteiger partial charge is 0.161 e. The molecule has 6 rings (SSSR count). The van der Waals surface area contributed by atoms with E-state index in [1.165, 1.54) is 18.5 Å². The van der Waals surface area contributed by atoms with Crippen molar-refractivity contribution < 1.29 is 4.39 Å². The van der Waals surface area contributed by atoms with Crippen molar-refractivity contribution in [3.8, 4) is 34.0 Å². The van der Waals surface area contributed by atoms with Gasteiger partial charge < -0.3 is 15.2 Å². The third kappa shape index (κ3) is 4.47. The Morgan fingerprint density at radius 2 is 1.76 bits per heavy atom. The van der Waals surface area contributed by atoms with Crippen LogP contribution in [0.25, 0.3) is 56.1 Å². The number of imidazole rings is 1. The number of nitrogens with zero attached hydrogens (tertiary/aromatic N) is 7. The Bertz CT molecular complexity index is 1710. The van der Waals surface area contributed by atoms with Gasteiger partial charge in [0, 0.05) is 48.5 Å². The molecule has 5 aromatic heterocycles. The second-order valence-corrected chi connectivity index (χ2v) is 8.89. The maximum atomic E-state index is 14.5. The van der Waals surface area contributed by atoms with Crippen LogP contribution in [-0.4, -0.2) is 72.2 Å². The average molecular weight is 495 g/mol. The van der Waals surface area contributed by atoms with Crippen LogP contribution in [-0.2, 0) is 0 Å². The van der Waals surface area contributed by atoms with Gasteiger partial charge in [0.25, 0.3) is 0 Å². The van der Waals surface area contributed by atoms with Gasteiger partial charge in [-0.25, -0.2) is 24.3 Å². The molecule has 0 spiro atoms. The molecule has 6 aromatic rings. The van der Waals surface area contributed by atoms with E-state index >= 15 is 0 Å². The number of nitrogens with one attached hydrogen (secondary N) is 3. The van der Waals surface area contributed by atoms with Crippen molar-refractivity contribution in [3.63, 3.8) is 0 Å². The number of H-pyrrole nitrogens is 2. The minimum atomic E-state index is -0.348. The molecule has 11 heteroatoms. The number of halogens is 1. The third-order valence-electron chi connectivity index (χ3n) is 5.95. The molecule has 1 aromatic carbocycles. The molecule has 0 saturated heterocycles. The minimum absolute atomic E-state index is 0.348. The summed E-state index contributed by atoms with van der Waals surface area (Å²) < 4.78 is 14.5. The van der Waals surface area contributed by atoms with Crippen molar-refractivity contribution >= 4 is 27.8 Å². The quantitative estimate of drug-likeness (QED) is 0.303. The first kappa shape index (κ1) is 22.7. The zero-order valence-electron chi connectivity index (χ0n) is 20.2. The summed E-state index contributed by atoms with van der Waals surface area (Å²) in [6.45, 7) is 1.52. The summed E-state index contributed by atoms with van der Waals surface area (Å²) in [5, 5.41) is 10.8. The topological polar surface area (TPSA) is 124 Å². The van der Waals surface area contributed by atoms with Gasteiger partial charge in [-0.05, 0) is 50.5 Å². The van der Waals surface area contributed by atoms with Crippen LogP contribution < -0.4 is 5.32 Å². The molecule has 0 aliphatic rings. The fourth-order valence-corrected chi connectivity index (χ4v) is 4.17. The minimum Gasteiger partial charge on any atom is -0.384 e. The molecule has 0 atom stereocenters. The Morgan fingerprint density at radius 1 is 0.919 bits per heavy atom. The normalized spacial score (nSPS) is 11.6. The Balaban J connectivity index is 1.41. The molecule has 0 amide bonds. The van der Waals surface area contributed by atoms with Crippen molar-refractivity contribution in [2.24, 2.45) is 0 Å². The third-order valence-corrected chi connectivity index (χ3v) is 5.95. The highest BCUT2D eigenvalue weighted by atomic mass is 19.1. The summed E-state index contributed by atoms with van der Waals surface area (Å²) in [4.78, 5) is 27.7. The van der Waals surface area contributed by atoms with Crippen LogP contribution in [0.4, 0.5) is 10.1 Å². The van der Waals surface area contributed by atoms with Gasteiger partial charge in [-0.3, -0.25) is 10.1 Å². The van der Waals surface area contributed by atoms with Crippen LogP contribution in [0.5, 0.6) is 0 Å². The maximum Gasteiger partial charge on any atom is 0.161 e. The molecule has 0 aliphatic heterocycles. The summed E-state index contributed by atoms with van der Waals surface area (Å²) in [7, 11) is 3.99. The predicted molar refractivity (Wildman–Crippen MR) is 140 cm³/mol. The van der Waals surface area contributed by atoms with Gasteiger partial charge in [0.1, 0.15) is 23.2 Å². The van der Waals surface area contributed by atoms with Gasteiger partial charge in [-0.2, -0.15) is 5.10 Å².